The SMILES string of the molecule is CCNC(=O)c1cccc(NC(=O)CNc2ccccc2NC(=O)c2ccc(Cl)cc2)c1. The van der Waals surface area contributed by atoms with Crippen molar-refractivity contribution >= 4 is 46.4 Å². The molecule has 0 bridgehead atoms. The number of halogens is 1. The smallest absolute Gasteiger partial charge is 0.255 e. The van der Waals surface area contributed by atoms with E-state index in [2.05, 4.69) is 21.3 Å². The van der Waals surface area contributed by atoms with Gasteiger partial charge in [-0.2, -0.15) is 0 Å². The number of para-hydroxylation sites is 2. The van der Waals surface area contributed by atoms with Gasteiger partial charge in [0.15, 0.2) is 0 Å². The molecular weight excluding hydrogens is 428 g/mol. The zero-order chi connectivity index (χ0) is 22.9. The molecule has 0 radical (unpaired) electrons. The maximum atomic E-state index is 12.5. The topological polar surface area (TPSA) is 99.3 Å². The van der Waals surface area contributed by atoms with Crippen molar-refractivity contribution in [1.29, 1.82) is 0 Å². The Morgan fingerprint density at radius 3 is 2.22 bits per heavy atom. The summed E-state index contributed by atoms with van der Waals surface area (Å²) < 4.78 is 0. The molecule has 8 heteroatoms. The van der Waals surface area contributed by atoms with Crippen molar-refractivity contribution in [2.24, 2.45) is 0 Å². The molecule has 7 nitrogen and oxygen atoms in total. The second-order valence-electron chi connectivity index (χ2n) is 6.85. The van der Waals surface area contributed by atoms with E-state index in [0.29, 0.717) is 39.8 Å². The highest BCUT2D eigenvalue weighted by Gasteiger charge is 2.11. The van der Waals surface area contributed by atoms with Crippen LogP contribution in [-0.2, 0) is 4.79 Å². The number of hydrogen-bond acceptors (Lipinski definition) is 4. The zero-order valence-electron chi connectivity index (χ0n) is 17.4. The maximum Gasteiger partial charge on any atom is 0.255 e. The van der Waals surface area contributed by atoms with Crippen LogP contribution in [0, 0.1) is 0 Å². The monoisotopic (exact) mass is 450 g/mol. The predicted octanol–water partition coefficient (Wildman–Crippen LogP) is 4.39. The molecule has 32 heavy (non-hydrogen) atoms. The lowest BCUT2D eigenvalue weighted by atomic mass is 10.2. The molecule has 0 saturated carbocycles. The minimum Gasteiger partial charge on any atom is -0.374 e. The molecule has 0 heterocycles. The first-order chi connectivity index (χ1) is 15.5. The molecule has 0 atom stereocenters. The molecule has 3 aromatic rings. The van der Waals surface area contributed by atoms with Gasteiger partial charge < -0.3 is 21.3 Å². The van der Waals surface area contributed by atoms with Crippen molar-refractivity contribution in [2.45, 2.75) is 6.92 Å². The molecule has 0 aliphatic rings. The van der Waals surface area contributed by atoms with Crippen molar-refractivity contribution in [2.75, 3.05) is 29.0 Å². The Morgan fingerprint density at radius 1 is 0.781 bits per heavy atom. The molecule has 164 valence electrons. The number of hydrogen-bond donors (Lipinski definition) is 4. The van der Waals surface area contributed by atoms with Crippen LogP contribution in [-0.4, -0.2) is 30.8 Å². The Kier molecular flexibility index (Phi) is 7.83. The number of anilines is 3. The summed E-state index contributed by atoms with van der Waals surface area (Å²) >= 11 is 5.87. The first-order valence-corrected chi connectivity index (χ1v) is 10.4. The normalized spacial score (nSPS) is 10.2. The quantitative estimate of drug-likeness (QED) is 0.409. The summed E-state index contributed by atoms with van der Waals surface area (Å²) in [6.45, 7) is 2.33. The third-order valence-electron chi connectivity index (χ3n) is 4.47. The number of rotatable bonds is 8. The Labute approximate surface area is 191 Å². The summed E-state index contributed by atoms with van der Waals surface area (Å²) in [4.78, 5) is 36.9. The molecule has 4 N–H and O–H groups in total. The van der Waals surface area contributed by atoms with Crippen molar-refractivity contribution in [3.05, 3.63) is 88.9 Å². The molecule has 0 saturated heterocycles. The Balaban J connectivity index is 1.61. The van der Waals surface area contributed by atoms with Crippen molar-refractivity contribution in [3.8, 4) is 0 Å². The average molecular weight is 451 g/mol. The van der Waals surface area contributed by atoms with Gasteiger partial charge in [0.25, 0.3) is 11.8 Å². The Hall–Kier alpha value is -3.84. The number of benzene rings is 3. The van der Waals surface area contributed by atoms with Crippen molar-refractivity contribution in [1.82, 2.24) is 5.32 Å². The summed E-state index contributed by atoms with van der Waals surface area (Å²) in [5.74, 6) is -0.786. The van der Waals surface area contributed by atoms with E-state index in [4.69, 9.17) is 11.6 Å². The van der Waals surface area contributed by atoms with Crippen LogP contribution in [0.25, 0.3) is 0 Å². The van der Waals surface area contributed by atoms with Gasteiger partial charge in [0.2, 0.25) is 5.91 Å². The first-order valence-electron chi connectivity index (χ1n) is 10.0. The molecule has 0 aromatic heterocycles. The van der Waals surface area contributed by atoms with Gasteiger partial charge in [-0.1, -0.05) is 29.8 Å². The van der Waals surface area contributed by atoms with Crippen LogP contribution in [0.4, 0.5) is 17.1 Å². The summed E-state index contributed by atoms with van der Waals surface area (Å²) in [5.41, 5.74) is 2.59. The molecule has 3 aromatic carbocycles. The average Bonchev–Trinajstić information content (AvgIpc) is 2.79. The number of amides is 3. The molecule has 0 fully saturated rings. The van der Waals surface area contributed by atoms with Crippen molar-refractivity contribution in [3.63, 3.8) is 0 Å². The molecule has 0 aliphatic carbocycles. The highest BCUT2D eigenvalue weighted by Crippen LogP contribution is 2.22. The van der Waals surface area contributed by atoms with Crippen LogP contribution in [0.5, 0.6) is 0 Å². The lowest BCUT2D eigenvalue weighted by Crippen LogP contribution is -2.24. The molecule has 0 unspecified atom stereocenters. The predicted molar refractivity (Wildman–Crippen MR) is 127 cm³/mol. The van der Waals surface area contributed by atoms with Gasteiger partial charge >= 0.3 is 0 Å². The molecular formula is C24H23ClN4O3. The fourth-order valence-corrected chi connectivity index (χ4v) is 3.05. The number of carbonyl (C=O) groups excluding carboxylic acids is 3. The van der Waals surface area contributed by atoms with E-state index in [0.717, 1.165) is 0 Å². The van der Waals surface area contributed by atoms with Gasteiger partial charge in [0.1, 0.15) is 0 Å². The van der Waals surface area contributed by atoms with Gasteiger partial charge in [-0.15, -0.1) is 0 Å². The Bertz CT molecular complexity index is 1120. The van der Waals surface area contributed by atoms with E-state index in [1.807, 2.05) is 6.92 Å². The van der Waals surface area contributed by atoms with Crippen LogP contribution < -0.4 is 21.3 Å². The fourth-order valence-electron chi connectivity index (χ4n) is 2.92. The molecule has 0 spiro atoms. The minimum atomic E-state index is -0.295. The third kappa shape index (κ3) is 6.33. The second kappa shape index (κ2) is 11.0. The van der Waals surface area contributed by atoms with Crippen LogP contribution in [0.15, 0.2) is 72.8 Å². The summed E-state index contributed by atoms with van der Waals surface area (Å²) in [7, 11) is 0. The highest BCUT2D eigenvalue weighted by molar-refractivity contribution is 6.30. The van der Waals surface area contributed by atoms with Gasteiger partial charge in [-0.05, 0) is 61.5 Å². The third-order valence-corrected chi connectivity index (χ3v) is 4.72. The second-order valence-corrected chi connectivity index (χ2v) is 7.29. The highest BCUT2D eigenvalue weighted by atomic mass is 35.5. The number of nitrogens with one attached hydrogen (secondary N) is 4. The van der Waals surface area contributed by atoms with E-state index in [1.165, 1.54) is 0 Å². The zero-order valence-corrected chi connectivity index (χ0v) is 18.2. The van der Waals surface area contributed by atoms with Gasteiger partial charge in [0.05, 0.1) is 17.9 Å². The van der Waals surface area contributed by atoms with Crippen LogP contribution in [0.1, 0.15) is 27.6 Å². The summed E-state index contributed by atoms with van der Waals surface area (Å²) in [5, 5.41) is 11.9. The lowest BCUT2D eigenvalue weighted by molar-refractivity contribution is -0.114. The largest absolute Gasteiger partial charge is 0.374 e. The fraction of sp³-hybridized carbons (Fsp3) is 0.125. The van der Waals surface area contributed by atoms with E-state index in [1.54, 1.807) is 72.8 Å². The lowest BCUT2D eigenvalue weighted by Gasteiger charge is -2.13. The molecule has 3 amide bonds. The van der Waals surface area contributed by atoms with Gasteiger partial charge in [-0.25, -0.2) is 0 Å². The first kappa shape index (κ1) is 22.8. The summed E-state index contributed by atoms with van der Waals surface area (Å²) in [6, 6.07) is 20.4. The van der Waals surface area contributed by atoms with E-state index in [9.17, 15) is 14.4 Å². The van der Waals surface area contributed by atoms with Gasteiger partial charge in [0, 0.05) is 28.4 Å². The summed E-state index contributed by atoms with van der Waals surface area (Å²) in [6.07, 6.45) is 0. The standard InChI is InChI=1S/C24H23ClN4O3/c1-2-26-23(31)17-6-5-7-19(14-17)28-22(30)15-27-20-8-3-4-9-21(20)29-24(32)16-10-12-18(25)13-11-16/h3-14,27H,2,15H2,1H3,(H,26,31)(H,28,30)(H,29,32). The van der Waals surface area contributed by atoms with E-state index < -0.39 is 0 Å². The molecule has 3 rings (SSSR count). The van der Waals surface area contributed by atoms with Gasteiger partial charge in [-0.3, -0.25) is 14.4 Å². The number of carbonyl (C=O) groups is 3. The van der Waals surface area contributed by atoms with Crippen molar-refractivity contribution < 1.29 is 14.4 Å². The maximum absolute atomic E-state index is 12.5. The van der Waals surface area contributed by atoms with Crippen LogP contribution in [0.3, 0.4) is 0 Å². The Morgan fingerprint density at radius 2 is 1.50 bits per heavy atom. The van der Waals surface area contributed by atoms with Crippen LogP contribution in [0.2, 0.25) is 5.02 Å². The van der Waals surface area contributed by atoms with Crippen LogP contribution >= 0.6 is 11.6 Å². The van der Waals surface area contributed by atoms with E-state index in [-0.39, 0.29) is 24.3 Å². The van der Waals surface area contributed by atoms with E-state index >= 15 is 0 Å². The molecule has 0 aliphatic heterocycles. The minimum absolute atomic E-state index is 0.0286.